The van der Waals surface area contributed by atoms with E-state index in [9.17, 15) is 9.59 Å². The number of rotatable bonds is 5. The van der Waals surface area contributed by atoms with Crippen molar-refractivity contribution in [1.29, 1.82) is 0 Å². The van der Waals surface area contributed by atoms with E-state index in [1.807, 2.05) is 38.1 Å². The lowest BCUT2D eigenvalue weighted by Crippen LogP contribution is -2.32. The Balaban J connectivity index is 1.63. The molecule has 0 saturated carbocycles. The lowest BCUT2D eigenvalue weighted by molar-refractivity contribution is -0.149. The number of benzene rings is 1. The largest absolute Gasteiger partial charge is 0.488 e. The maximum atomic E-state index is 12.3. The second-order valence-corrected chi connectivity index (χ2v) is 6.29. The van der Waals surface area contributed by atoms with Crippen LogP contribution < -0.4 is 10.1 Å². The molecule has 0 aliphatic carbocycles. The third-order valence-corrected chi connectivity index (χ3v) is 3.96. The molecule has 7 heteroatoms. The number of ether oxygens (including phenoxy) is 2. The van der Waals surface area contributed by atoms with Crippen LogP contribution in [0.15, 0.2) is 42.1 Å². The fourth-order valence-electron chi connectivity index (χ4n) is 2.58. The first kappa shape index (κ1) is 17.7. The summed E-state index contributed by atoms with van der Waals surface area (Å²) in [6.07, 6.45) is 2.38. The summed E-state index contributed by atoms with van der Waals surface area (Å²) < 4.78 is 12.5. The third kappa shape index (κ3) is 3.77. The van der Waals surface area contributed by atoms with Crippen molar-refractivity contribution in [2.24, 2.45) is 0 Å². The van der Waals surface area contributed by atoms with Crippen molar-refractivity contribution in [1.82, 2.24) is 9.78 Å². The highest BCUT2D eigenvalue weighted by Crippen LogP contribution is 2.26. The number of nitrogens with zero attached hydrogens (tertiary/aromatic N) is 2. The summed E-state index contributed by atoms with van der Waals surface area (Å²) >= 11 is 0. The van der Waals surface area contributed by atoms with Crippen LogP contribution in [0.2, 0.25) is 0 Å². The van der Waals surface area contributed by atoms with Crippen LogP contribution in [0.25, 0.3) is 6.08 Å². The highest BCUT2D eigenvalue weighted by atomic mass is 16.6. The predicted octanol–water partition coefficient (Wildman–Crippen LogP) is 2.81. The van der Waals surface area contributed by atoms with Gasteiger partial charge in [-0.05, 0) is 32.9 Å². The van der Waals surface area contributed by atoms with Gasteiger partial charge in [-0.3, -0.25) is 4.79 Å². The molecule has 26 heavy (non-hydrogen) atoms. The molecule has 1 amide bonds. The average Bonchev–Trinajstić information content (AvgIpc) is 3.09. The molecule has 1 atom stereocenters. The molecule has 0 bridgehead atoms. The van der Waals surface area contributed by atoms with Crippen molar-refractivity contribution >= 4 is 23.8 Å². The van der Waals surface area contributed by atoms with E-state index in [0.29, 0.717) is 11.4 Å². The number of nitrogens with one attached hydrogen (secondary N) is 1. The number of carbonyl (C=O) groups is 2. The minimum atomic E-state index is -0.948. The van der Waals surface area contributed by atoms with Crippen LogP contribution in [-0.4, -0.2) is 34.4 Å². The Labute approximate surface area is 151 Å². The molecule has 1 aliphatic heterocycles. The number of hydrogen-bond acceptors (Lipinski definition) is 5. The molecule has 7 nitrogen and oxygen atoms in total. The molecule has 0 spiro atoms. The average molecular weight is 355 g/mol. The van der Waals surface area contributed by atoms with E-state index in [1.165, 1.54) is 6.92 Å². The Morgan fingerprint density at radius 1 is 1.23 bits per heavy atom. The van der Waals surface area contributed by atoms with Crippen LogP contribution in [0.4, 0.5) is 5.82 Å². The number of carbonyl (C=O) groups excluding carboxylic acids is 2. The highest BCUT2D eigenvalue weighted by Gasteiger charge is 2.24. The molecule has 1 aliphatic rings. The van der Waals surface area contributed by atoms with E-state index in [0.717, 1.165) is 11.3 Å². The molecule has 0 unspecified atom stereocenters. The van der Waals surface area contributed by atoms with E-state index < -0.39 is 18.0 Å². The minimum Gasteiger partial charge on any atom is -0.488 e. The SMILES string of the molecule is CC(C)n1nccc1NC(=O)[C@@H](C)OC(=O)C1=Cc2ccccc2OC1. The summed E-state index contributed by atoms with van der Waals surface area (Å²) in [4.78, 5) is 24.7. The van der Waals surface area contributed by atoms with E-state index in [4.69, 9.17) is 9.47 Å². The number of fused-ring (bicyclic) bond motifs is 1. The smallest absolute Gasteiger partial charge is 0.338 e. The standard InChI is InChI=1S/C19H21N3O4/c1-12(2)22-17(8-9-20-22)21-18(23)13(3)26-19(24)15-10-14-6-4-5-7-16(14)25-11-15/h4-10,12-13H,11H2,1-3H3,(H,21,23)/t13-/m1/s1. The Hall–Kier alpha value is -3.09. The van der Waals surface area contributed by atoms with Gasteiger partial charge in [0, 0.05) is 17.7 Å². The Kier molecular flexibility index (Phi) is 5.06. The lowest BCUT2D eigenvalue weighted by Gasteiger charge is -2.19. The molecule has 136 valence electrons. The molecule has 1 N–H and O–H groups in total. The summed E-state index contributed by atoms with van der Waals surface area (Å²) in [5.74, 6) is 0.289. The zero-order chi connectivity index (χ0) is 18.7. The molecule has 2 aromatic rings. The normalized spacial score (nSPS) is 14.1. The van der Waals surface area contributed by atoms with Crippen LogP contribution in [-0.2, 0) is 14.3 Å². The number of anilines is 1. The van der Waals surface area contributed by atoms with Gasteiger partial charge in [0.05, 0.1) is 11.8 Å². The van der Waals surface area contributed by atoms with E-state index in [1.54, 1.807) is 23.0 Å². The number of aromatic nitrogens is 2. The number of amides is 1. The first-order chi connectivity index (χ1) is 12.5. The van der Waals surface area contributed by atoms with Crippen molar-refractivity contribution in [3.8, 4) is 5.75 Å². The van der Waals surface area contributed by atoms with Crippen molar-refractivity contribution in [3.05, 3.63) is 47.7 Å². The fraction of sp³-hybridized carbons (Fsp3) is 0.316. The molecular formula is C19H21N3O4. The number of esters is 1. The first-order valence-electron chi connectivity index (χ1n) is 8.43. The summed E-state index contributed by atoms with van der Waals surface area (Å²) in [5, 5.41) is 6.88. The Morgan fingerprint density at radius 2 is 2.00 bits per heavy atom. The van der Waals surface area contributed by atoms with Crippen LogP contribution >= 0.6 is 0 Å². The zero-order valence-electron chi connectivity index (χ0n) is 14.9. The second kappa shape index (κ2) is 7.43. The summed E-state index contributed by atoms with van der Waals surface area (Å²) in [6.45, 7) is 5.56. The third-order valence-electron chi connectivity index (χ3n) is 3.96. The molecule has 3 rings (SSSR count). The fourth-order valence-corrected chi connectivity index (χ4v) is 2.58. The minimum absolute atomic E-state index is 0.0998. The van der Waals surface area contributed by atoms with Gasteiger partial charge < -0.3 is 14.8 Å². The van der Waals surface area contributed by atoms with Crippen LogP contribution in [0, 0.1) is 0 Å². The van der Waals surface area contributed by atoms with E-state index >= 15 is 0 Å². The zero-order valence-corrected chi connectivity index (χ0v) is 14.9. The van der Waals surface area contributed by atoms with Gasteiger partial charge in [-0.1, -0.05) is 18.2 Å². The molecule has 0 radical (unpaired) electrons. The van der Waals surface area contributed by atoms with Crippen molar-refractivity contribution in [2.45, 2.75) is 32.9 Å². The summed E-state index contributed by atoms with van der Waals surface area (Å²) in [5.41, 5.74) is 1.18. The molecule has 0 saturated heterocycles. The summed E-state index contributed by atoms with van der Waals surface area (Å²) in [7, 11) is 0. The maximum absolute atomic E-state index is 12.3. The highest BCUT2D eigenvalue weighted by molar-refractivity contribution is 5.99. The van der Waals surface area contributed by atoms with E-state index in [-0.39, 0.29) is 12.6 Å². The lowest BCUT2D eigenvalue weighted by atomic mass is 10.1. The molecule has 1 aromatic heterocycles. The summed E-state index contributed by atoms with van der Waals surface area (Å²) in [6, 6.07) is 9.21. The second-order valence-electron chi connectivity index (χ2n) is 6.29. The predicted molar refractivity (Wildman–Crippen MR) is 96.7 cm³/mol. The maximum Gasteiger partial charge on any atom is 0.338 e. The molecule has 0 fully saturated rings. The van der Waals surface area contributed by atoms with Crippen LogP contribution in [0.5, 0.6) is 5.75 Å². The van der Waals surface area contributed by atoms with Crippen molar-refractivity contribution in [2.75, 3.05) is 11.9 Å². The topological polar surface area (TPSA) is 82.5 Å². The van der Waals surface area contributed by atoms with Crippen molar-refractivity contribution < 1.29 is 19.1 Å². The Bertz CT molecular complexity index is 854. The monoisotopic (exact) mass is 355 g/mol. The number of para-hydroxylation sites is 1. The molecular weight excluding hydrogens is 334 g/mol. The van der Waals surface area contributed by atoms with E-state index in [2.05, 4.69) is 10.4 Å². The molecule has 1 aromatic carbocycles. The number of hydrogen-bond donors (Lipinski definition) is 1. The first-order valence-corrected chi connectivity index (χ1v) is 8.43. The quantitative estimate of drug-likeness (QED) is 0.834. The van der Waals surface area contributed by atoms with Gasteiger partial charge in [-0.15, -0.1) is 0 Å². The van der Waals surface area contributed by atoms with Crippen LogP contribution in [0.3, 0.4) is 0 Å². The van der Waals surface area contributed by atoms with Gasteiger partial charge >= 0.3 is 5.97 Å². The van der Waals surface area contributed by atoms with Crippen molar-refractivity contribution in [3.63, 3.8) is 0 Å². The Morgan fingerprint density at radius 3 is 2.77 bits per heavy atom. The van der Waals surface area contributed by atoms with Gasteiger partial charge in [-0.25, -0.2) is 9.48 Å². The molecule has 2 heterocycles. The van der Waals surface area contributed by atoms with Gasteiger partial charge in [0.25, 0.3) is 5.91 Å². The van der Waals surface area contributed by atoms with Gasteiger partial charge in [0.15, 0.2) is 6.10 Å². The van der Waals surface area contributed by atoms with Gasteiger partial charge in [-0.2, -0.15) is 5.10 Å². The van der Waals surface area contributed by atoms with Crippen LogP contribution in [0.1, 0.15) is 32.4 Å². The van der Waals surface area contributed by atoms with Gasteiger partial charge in [0.1, 0.15) is 18.2 Å². The van der Waals surface area contributed by atoms with Gasteiger partial charge in [0.2, 0.25) is 0 Å².